The van der Waals surface area contributed by atoms with Crippen molar-refractivity contribution in [2.45, 2.75) is 11.9 Å². The highest BCUT2D eigenvalue weighted by molar-refractivity contribution is 8.00. The Bertz CT molecular complexity index is 778. The van der Waals surface area contributed by atoms with E-state index in [-0.39, 0.29) is 23.8 Å². The maximum absolute atomic E-state index is 14.0. The molecule has 1 fully saturated rings. The maximum Gasteiger partial charge on any atom is 0.234 e. The lowest BCUT2D eigenvalue weighted by Crippen LogP contribution is -2.28. The molecule has 0 radical (unpaired) electrons. The summed E-state index contributed by atoms with van der Waals surface area (Å²) in [6.45, 7) is -0.0265. The summed E-state index contributed by atoms with van der Waals surface area (Å²) in [5.74, 6) is -0.594. The van der Waals surface area contributed by atoms with Crippen LogP contribution in [0.4, 0.5) is 8.78 Å². The van der Waals surface area contributed by atoms with Gasteiger partial charge in [0.25, 0.3) is 0 Å². The number of ether oxygens (including phenoxy) is 2. The van der Waals surface area contributed by atoms with Gasteiger partial charge in [-0.2, -0.15) is 0 Å². The van der Waals surface area contributed by atoms with Crippen LogP contribution in [0.1, 0.15) is 16.5 Å². The van der Waals surface area contributed by atoms with Gasteiger partial charge in [-0.1, -0.05) is 18.2 Å². The highest BCUT2D eigenvalue weighted by atomic mass is 32.2. The molecule has 132 valence electrons. The van der Waals surface area contributed by atoms with Gasteiger partial charge in [0.05, 0.1) is 32.1 Å². The number of thioether (sulfide) groups is 1. The molecular formula is C18H17F2NO3S. The molecule has 0 aliphatic carbocycles. The zero-order valence-corrected chi connectivity index (χ0v) is 14.6. The molecule has 25 heavy (non-hydrogen) atoms. The summed E-state index contributed by atoms with van der Waals surface area (Å²) < 4.78 is 38.3. The van der Waals surface area contributed by atoms with Crippen molar-refractivity contribution in [3.8, 4) is 11.5 Å². The topological polar surface area (TPSA) is 38.8 Å². The van der Waals surface area contributed by atoms with Crippen LogP contribution in [0.5, 0.6) is 11.5 Å². The third kappa shape index (κ3) is 3.28. The van der Waals surface area contributed by atoms with Gasteiger partial charge < -0.3 is 14.4 Å². The number of methoxy groups -OCH3 is 2. The molecular weight excluding hydrogens is 348 g/mol. The van der Waals surface area contributed by atoms with Crippen molar-refractivity contribution in [1.29, 1.82) is 0 Å². The first-order valence-corrected chi connectivity index (χ1v) is 8.66. The van der Waals surface area contributed by atoms with Crippen LogP contribution in [0.15, 0.2) is 36.4 Å². The Balaban J connectivity index is 2.00. The Hall–Kier alpha value is -2.28. The van der Waals surface area contributed by atoms with Crippen molar-refractivity contribution >= 4 is 17.7 Å². The van der Waals surface area contributed by atoms with Gasteiger partial charge in [0.15, 0.2) is 11.6 Å². The predicted octanol–water partition coefficient (Wildman–Crippen LogP) is 3.76. The van der Waals surface area contributed by atoms with E-state index in [1.807, 2.05) is 0 Å². The van der Waals surface area contributed by atoms with Crippen molar-refractivity contribution in [3.63, 3.8) is 0 Å². The largest absolute Gasteiger partial charge is 0.496 e. The second kappa shape index (κ2) is 7.31. The summed E-state index contributed by atoms with van der Waals surface area (Å²) in [5.41, 5.74) is 0.842. The summed E-state index contributed by atoms with van der Waals surface area (Å²) in [5, 5.41) is -0.402. The van der Waals surface area contributed by atoms with Crippen LogP contribution < -0.4 is 9.47 Å². The molecule has 0 saturated carbocycles. The van der Waals surface area contributed by atoms with Crippen LogP contribution in [-0.2, 0) is 11.3 Å². The first-order valence-electron chi connectivity index (χ1n) is 7.61. The molecule has 1 unspecified atom stereocenters. The first-order chi connectivity index (χ1) is 12.1. The highest BCUT2D eigenvalue weighted by Gasteiger charge is 2.37. The molecule has 2 aromatic carbocycles. The average molecular weight is 365 g/mol. The van der Waals surface area contributed by atoms with E-state index >= 15 is 0 Å². The van der Waals surface area contributed by atoms with Gasteiger partial charge in [-0.3, -0.25) is 4.79 Å². The number of amides is 1. The van der Waals surface area contributed by atoms with Crippen LogP contribution in [0, 0.1) is 11.6 Å². The summed E-state index contributed by atoms with van der Waals surface area (Å²) in [4.78, 5) is 13.9. The number of halogens is 2. The normalized spacial score (nSPS) is 17.0. The fraction of sp³-hybridized carbons (Fsp3) is 0.278. The number of carbonyl (C=O) groups excluding carboxylic acids is 1. The average Bonchev–Trinajstić information content (AvgIpc) is 2.98. The number of rotatable bonds is 5. The summed E-state index contributed by atoms with van der Waals surface area (Å²) in [6, 6.07) is 9.31. The number of carbonyl (C=O) groups is 1. The lowest BCUT2D eigenvalue weighted by Gasteiger charge is -2.27. The fourth-order valence-corrected chi connectivity index (χ4v) is 4.08. The molecule has 7 heteroatoms. The van der Waals surface area contributed by atoms with Crippen LogP contribution >= 0.6 is 11.8 Å². The molecule has 1 aliphatic heterocycles. The van der Waals surface area contributed by atoms with Gasteiger partial charge in [-0.25, -0.2) is 8.78 Å². The van der Waals surface area contributed by atoms with Gasteiger partial charge in [0, 0.05) is 5.56 Å². The second-order valence-corrected chi connectivity index (χ2v) is 6.54. The monoisotopic (exact) mass is 365 g/mol. The molecule has 3 rings (SSSR count). The minimum atomic E-state index is -0.932. The lowest BCUT2D eigenvalue weighted by molar-refractivity contribution is -0.128. The zero-order chi connectivity index (χ0) is 18.0. The molecule has 1 saturated heterocycles. The first kappa shape index (κ1) is 17.5. The van der Waals surface area contributed by atoms with Gasteiger partial charge in [0.1, 0.15) is 16.9 Å². The van der Waals surface area contributed by atoms with Crippen molar-refractivity contribution in [3.05, 3.63) is 59.2 Å². The summed E-state index contributed by atoms with van der Waals surface area (Å²) >= 11 is 1.40. The predicted molar refractivity (Wildman–Crippen MR) is 91.7 cm³/mol. The molecule has 1 amide bonds. The highest BCUT2D eigenvalue weighted by Crippen LogP contribution is 2.47. The zero-order valence-electron chi connectivity index (χ0n) is 13.8. The quantitative estimate of drug-likeness (QED) is 0.809. The van der Waals surface area contributed by atoms with E-state index in [0.717, 1.165) is 6.07 Å². The molecule has 0 bridgehead atoms. The van der Waals surface area contributed by atoms with E-state index in [2.05, 4.69) is 0 Å². The Kier molecular flexibility index (Phi) is 5.13. The smallest absolute Gasteiger partial charge is 0.234 e. The molecule has 0 spiro atoms. The van der Waals surface area contributed by atoms with Crippen molar-refractivity contribution < 1.29 is 23.0 Å². The number of nitrogens with zero attached hydrogens (tertiary/aromatic N) is 1. The standard InChI is InChI=1S/C18H17F2NO3S/c1-23-13-7-4-8-14(24-2)16(13)18-21(15(22)10-25-18)9-11-5-3-6-12(19)17(11)20/h3-8,18H,9-10H2,1-2H3. The second-order valence-electron chi connectivity index (χ2n) is 5.47. The SMILES string of the molecule is COc1cccc(OC)c1C1SCC(=O)N1Cc1cccc(F)c1F. The van der Waals surface area contributed by atoms with Crippen LogP contribution in [0.25, 0.3) is 0 Å². The van der Waals surface area contributed by atoms with Crippen LogP contribution in [-0.4, -0.2) is 30.8 Å². The van der Waals surface area contributed by atoms with E-state index < -0.39 is 17.0 Å². The van der Waals surface area contributed by atoms with Crippen molar-refractivity contribution in [2.75, 3.05) is 20.0 Å². The fourth-order valence-electron chi connectivity index (χ4n) is 2.84. The number of hydrogen-bond acceptors (Lipinski definition) is 4. The molecule has 1 atom stereocenters. The Morgan fingerprint density at radius 2 is 1.76 bits per heavy atom. The third-order valence-electron chi connectivity index (χ3n) is 4.05. The summed E-state index contributed by atoms with van der Waals surface area (Å²) in [6.07, 6.45) is 0. The van der Waals surface area contributed by atoms with Crippen molar-refractivity contribution in [1.82, 2.24) is 4.90 Å². The van der Waals surface area contributed by atoms with E-state index in [0.29, 0.717) is 17.1 Å². The minimum Gasteiger partial charge on any atom is -0.496 e. The summed E-state index contributed by atoms with van der Waals surface area (Å²) in [7, 11) is 3.08. The van der Waals surface area contributed by atoms with Crippen molar-refractivity contribution in [2.24, 2.45) is 0 Å². The van der Waals surface area contributed by atoms with Gasteiger partial charge in [-0.05, 0) is 18.2 Å². The van der Waals surface area contributed by atoms with Gasteiger partial charge >= 0.3 is 0 Å². The van der Waals surface area contributed by atoms with E-state index in [1.54, 1.807) is 18.2 Å². The van der Waals surface area contributed by atoms with Crippen LogP contribution in [0.3, 0.4) is 0 Å². The maximum atomic E-state index is 14.0. The Morgan fingerprint density at radius 3 is 2.40 bits per heavy atom. The van der Waals surface area contributed by atoms with Gasteiger partial charge in [-0.15, -0.1) is 11.8 Å². The molecule has 0 aromatic heterocycles. The molecule has 2 aromatic rings. The van der Waals surface area contributed by atoms with E-state index in [4.69, 9.17) is 9.47 Å². The Labute approximate surface area is 148 Å². The van der Waals surface area contributed by atoms with E-state index in [9.17, 15) is 13.6 Å². The number of benzene rings is 2. The van der Waals surface area contributed by atoms with Crippen LogP contribution in [0.2, 0.25) is 0 Å². The lowest BCUT2D eigenvalue weighted by atomic mass is 10.1. The van der Waals surface area contributed by atoms with Gasteiger partial charge in [0.2, 0.25) is 5.91 Å². The molecule has 1 aliphatic rings. The molecule has 1 heterocycles. The minimum absolute atomic E-state index is 0.0265. The van der Waals surface area contributed by atoms with E-state index in [1.165, 1.54) is 43.0 Å². The molecule has 4 nitrogen and oxygen atoms in total. The Morgan fingerprint density at radius 1 is 1.12 bits per heavy atom. The third-order valence-corrected chi connectivity index (χ3v) is 5.27. The number of hydrogen-bond donors (Lipinski definition) is 0. The molecule has 0 N–H and O–H groups in total.